The SMILES string of the molecule is CNC(C(=O)O)/C(F)=C(\F)CCCN1C(=O)c2ccccc2C1=O. The minimum absolute atomic E-state index is 0.0131. The highest BCUT2D eigenvalue weighted by Gasteiger charge is 2.34. The zero-order valence-corrected chi connectivity index (χ0v) is 12.9. The first kappa shape index (κ1) is 17.7. The fourth-order valence-corrected chi connectivity index (χ4v) is 2.47. The Balaban J connectivity index is 1.99. The van der Waals surface area contributed by atoms with Crippen molar-refractivity contribution in [2.24, 2.45) is 0 Å². The maximum Gasteiger partial charge on any atom is 0.327 e. The van der Waals surface area contributed by atoms with Crippen molar-refractivity contribution in [3.63, 3.8) is 0 Å². The van der Waals surface area contributed by atoms with Crippen molar-refractivity contribution >= 4 is 17.8 Å². The van der Waals surface area contributed by atoms with Crippen molar-refractivity contribution in [3.8, 4) is 0 Å². The third-order valence-electron chi connectivity index (χ3n) is 3.70. The van der Waals surface area contributed by atoms with Crippen LogP contribution in [-0.4, -0.2) is 47.4 Å². The summed E-state index contributed by atoms with van der Waals surface area (Å²) in [5.74, 6) is -5.11. The number of hydrogen-bond acceptors (Lipinski definition) is 4. The lowest BCUT2D eigenvalue weighted by Gasteiger charge is -2.14. The molecule has 0 aromatic heterocycles. The van der Waals surface area contributed by atoms with E-state index in [0.717, 1.165) is 4.90 Å². The van der Waals surface area contributed by atoms with Crippen LogP contribution >= 0.6 is 0 Å². The Labute approximate surface area is 136 Å². The van der Waals surface area contributed by atoms with E-state index in [1.807, 2.05) is 0 Å². The molecule has 0 saturated heterocycles. The minimum Gasteiger partial charge on any atom is -0.480 e. The molecule has 1 aliphatic heterocycles. The number of likely N-dealkylation sites (N-methyl/N-ethyl adjacent to an activating group) is 1. The normalized spacial score (nSPS) is 16.0. The summed E-state index contributed by atoms with van der Waals surface area (Å²) in [6, 6.07) is 4.56. The van der Waals surface area contributed by atoms with Crippen LogP contribution in [0, 0.1) is 0 Å². The molecule has 0 radical (unpaired) electrons. The first-order chi connectivity index (χ1) is 11.4. The number of carbonyl (C=O) groups is 3. The molecule has 1 unspecified atom stereocenters. The highest BCUT2D eigenvalue weighted by Crippen LogP contribution is 2.24. The predicted octanol–water partition coefficient (Wildman–Crippen LogP) is 1.89. The van der Waals surface area contributed by atoms with E-state index in [9.17, 15) is 23.2 Å². The van der Waals surface area contributed by atoms with Gasteiger partial charge in [0.15, 0.2) is 11.9 Å². The molecule has 8 heteroatoms. The Morgan fingerprint density at radius 2 is 1.75 bits per heavy atom. The van der Waals surface area contributed by atoms with Crippen LogP contribution in [-0.2, 0) is 4.79 Å². The third-order valence-corrected chi connectivity index (χ3v) is 3.70. The van der Waals surface area contributed by atoms with Gasteiger partial charge in [0.2, 0.25) is 0 Å². The molecule has 0 aliphatic carbocycles. The maximum atomic E-state index is 13.7. The van der Waals surface area contributed by atoms with E-state index >= 15 is 0 Å². The maximum absolute atomic E-state index is 13.7. The smallest absolute Gasteiger partial charge is 0.327 e. The average Bonchev–Trinajstić information content (AvgIpc) is 2.80. The topological polar surface area (TPSA) is 86.7 Å². The van der Waals surface area contributed by atoms with Crippen LogP contribution in [0.5, 0.6) is 0 Å². The van der Waals surface area contributed by atoms with Gasteiger partial charge in [-0.25, -0.2) is 8.78 Å². The fourth-order valence-electron chi connectivity index (χ4n) is 2.47. The number of nitrogens with one attached hydrogen (secondary N) is 1. The lowest BCUT2D eigenvalue weighted by atomic mass is 10.1. The lowest BCUT2D eigenvalue weighted by Crippen LogP contribution is -2.35. The number of allylic oxidation sites excluding steroid dienone is 1. The minimum atomic E-state index is -1.76. The zero-order chi connectivity index (χ0) is 17.9. The van der Waals surface area contributed by atoms with Gasteiger partial charge in [-0.1, -0.05) is 12.1 Å². The van der Waals surface area contributed by atoms with Crippen molar-refractivity contribution in [2.45, 2.75) is 18.9 Å². The van der Waals surface area contributed by atoms with E-state index in [0.29, 0.717) is 0 Å². The van der Waals surface area contributed by atoms with Crippen molar-refractivity contribution in [1.82, 2.24) is 10.2 Å². The van der Waals surface area contributed by atoms with Gasteiger partial charge in [-0.3, -0.25) is 19.3 Å². The number of hydrogen-bond donors (Lipinski definition) is 2. The van der Waals surface area contributed by atoms with Gasteiger partial charge in [0.25, 0.3) is 11.8 Å². The molecule has 0 bridgehead atoms. The van der Waals surface area contributed by atoms with E-state index < -0.39 is 41.9 Å². The van der Waals surface area contributed by atoms with E-state index in [4.69, 9.17) is 5.11 Å². The van der Waals surface area contributed by atoms with E-state index in [1.165, 1.54) is 19.2 Å². The van der Waals surface area contributed by atoms with Crippen LogP contribution in [0.2, 0.25) is 0 Å². The van der Waals surface area contributed by atoms with Crippen molar-refractivity contribution in [2.75, 3.05) is 13.6 Å². The number of benzene rings is 1. The molecule has 6 nitrogen and oxygen atoms in total. The van der Waals surface area contributed by atoms with E-state index in [2.05, 4.69) is 5.32 Å². The third kappa shape index (κ3) is 3.33. The molecule has 128 valence electrons. The van der Waals surface area contributed by atoms with Crippen molar-refractivity contribution in [3.05, 3.63) is 47.0 Å². The van der Waals surface area contributed by atoms with Crippen LogP contribution in [0.15, 0.2) is 35.9 Å². The summed E-state index contributed by atoms with van der Waals surface area (Å²) < 4.78 is 27.4. The average molecular weight is 338 g/mol. The number of nitrogens with zero attached hydrogens (tertiary/aromatic N) is 1. The molecule has 1 aromatic carbocycles. The van der Waals surface area contributed by atoms with Gasteiger partial charge in [-0.15, -0.1) is 0 Å². The first-order valence-corrected chi connectivity index (χ1v) is 7.27. The number of halogens is 2. The second-order valence-electron chi connectivity index (χ2n) is 5.22. The van der Waals surface area contributed by atoms with Gasteiger partial charge >= 0.3 is 5.97 Å². The predicted molar refractivity (Wildman–Crippen MR) is 80.8 cm³/mol. The summed E-state index contributed by atoms with van der Waals surface area (Å²) in [6.45, 7) is -0.0790. The summed E-state index contributed by atoms with van der Waals surface area (Å²) >= 11 is 0. The molecule has 1 heterocycles. The quantitative estimate of drug-likeness (QED) is 0.742. The number of imide groups is 1. The molecule has 1 aromatic rings. The number of amides is 2. The molecule has 1 atom stereocenters. The summed E-state index contributed by atoms with van der Waals surface area (Å²) in [5, 5.41) is 10.9. The Kier molecular flexibility index (Phi) is 5.40. The summed E-state index contributed by atoms with van der Waals surface area (Å²) in [6.07, 6.45) is -0.425. The van der Waals surface area contributed by atoms with Crippen LogP contribution in [0.1, 0.15) is 33.6 Å². The molecular weight excluding hydrogens is 322 g/mol. The Hall–Kier alpha value is -2.61. The van der Waals surface area contributed by atoms with Gasteiger partial charge in [0, 0.05) is 13.0 Å². The zero-order valence-electron chi connectivity index (χ0n) is 12.9. The number of rotatable bonds is 7. The summed E-state index contributed by atoms with van der Waals surface area (Å²) in [5.41, 5.74) is 0.566. The van der Waals surface area contributed by atoms with Gasteiger partial charge < -0.3 is 10.4 Å². The van der Waals surface area contributed by atoms with Gasteiger partial charge in [-0.05, 0) is 25.6 Å². The number of carboxylic acid groups (broad SMARTS) is 1. The van der Waals surface area contributed by atoms with Crippen LogP contribution < -0.4 is 5.32 Å². The second-order valence-corrected chi connectivity index (χ2v) is 5.22. The molecule has 2 amide bonds. The monoisotopic (exact) mass is 338 g/mol. The largest absolute Gasteiger partial charge is 0.480 e. The molecule has 2 N–H and O–H groups in total. The first-order valence-electron chi connectivity index (χ1n) is 7.27. The highest BCUT2D eigenvalue weighted by molar-refractivity contribution is 6.21. The van der Waals surface area contributed by atoms with Crippen molar-refractivity contribution < 1.29 is 28.3 Å². The van der Waals surface area contributed by atoms with Gasteiger partial charge in [0.05, 0.1) is 11.1 Å². The highest BCUT2D eigenvalue weighted by atomic mass is 19.2. The van der Waals surface area contributed by atoms with Crippen LogP contribution in [0.3, 0.4) is 0 Å². The lowest BCUT2D eigenvalue weighted by molar-refractivity contribution is -0.138. The van der Waals surface area contributed by atoms with Crippen molar-refractivity contribution in [1.29, 1.82) is 0 Å². The molecule has 0 fully saturated rings. The fraction of sp³-hybridized carbons (Fsp3) is 0.312. The number of carboxylic acids is 1. The molecule has 24 heavy (non-hydrogen) atoms. The Morgan fingerprint density at radius 3 is 2.21 bits per heavy atom. The molecule has 0 spiro atoms. The van der Waals surface area contributed by atoms with Gasteiger partial charge in [0.1, 0.15) is 5.83 Å². The Morgan fingerprint density at radius 1 is 1.21 bits per heavy atom. The van der Waals surface area contributed by atoms with Gasteiger partial charge in [-0.2, -0.15) is 0 Å². The second kappa shape index (κ2) is 7.31. The van der Waals surface area contributed by atoms with Crippen LogP contribution in [0.25, 0.3) is 0 Å². The molecule has 0 saturated carbocycles. The number of carbonyl (C=O) groups excluding carboxylic acids is 2. The number of fused-ring (bicyclic) bond motifs is 1. The summed E-state index contributed by atoms with van der Waals surface area (Å²) in [7, 11) is 1.20. The van der Waals surface area contributed by atoms with E-state index in [-0.39, 0.29) is 24.1 Å². The molecule has 1 aliphatic rings. The molecular formula is C16H16F2N2O4. The van der Waals surface area contributed by atoms with E-state index in [1.54, 1.807) is 12.1 Å². The molecule has 2 rings (SSSR count). The summed E-state index contributed by atoms with van der Waals surface area (Å²) in [4.78, 5) is 35.9. The standard InChI is InChI=1S/C16H16F2N2O4/c1-19-13(16(23)24)12(18)11(17)7-4-8-20-14(21)9-5-2-3-6-10(9)15(20)22/h2-3,5-6,13,19H,4,7-8H2,1H3,(H,23,24)/b12-11+. The Bertz CT molecular complexity index is 683. The van der Waals surface area contributed by atoms with Crippen LogP contribution in [0.4, 0.5) is 8.78 Å². The number of aliphatic carboxylic acids is 1.